The van der Waals surface area contributed by atoms with Crippen LogP contribution >= 0.6 is 0 Å². The maximum absolute atomic E-state index is 5.54. The number of aryl methyl sites for hydroxylation is 1. The van der Waals surface area contributed by atoms with Crippen molar-refractivity contribution in [3.05, 3.63) is 35.7 Å². The molecule has 17 heavy (non-hydrogen) atoms. The number of aromatic nitrogens is 2. The van der Waals surface area contributed by atoms with Gasteiger partial charge in [0.2, 0.25) is 0 Å². The summed E-state index contributed by atoms with van der Waals surface area (Å²) in [5.74, 6) is 1.36. The van der Waals surface area contributed by atoms with Gasteiger partial charge in [0.1, 0.15) is 0 Å². The lowest BCUT2D eigenvalue weighted by molar-refractivity contribution is 0.422. The number of nitrogens with zero attached hydrogens (tertiary/aromatic N) is 2. The molecule has 0 atom stereocenters. The Morgan fingerprint density at radius 3 is 2.94 bits per heavy atom. The third kappa shape index (κ3) is 2.91. The lowest BCUT2D eigenvalue weighted by Crippen LogP contribution is -2.02. The summed E-state index contributed by atoms with van der Waals surface area (Å²) in [4.78, 5) is 4.36. The van der Waals surface area contributed by atoms with E-state index >= 15 is 0 Å². The predicted octanol–water partition coefficient (Wildman–Crippen LogP) is 2.19. The van der Waals surface area contributed by atoms with Crippen molar-refractivity contribution in [3.8, 4) is 11.5 Å². The smallest absolute Gasteiger partial charge is 0.257 e. The Kier molecular flexibility index (Phi) is 3.88. The Bertz CT molecular complexity index is 479. The van der Waals surface area contributed by atoms with Gasteiger partial charge in [-0.15, -0.1) is 0 Å². The third-order valence-corrected chi connectivity index (χ3v) is 2.55. The van der Waals surface area contributed by atoms with Gasteiger partial charge in [-0.05, 0) is 37.1 Å². The zero-order valence-electron chi connectivity index (χ0n) is 10.0. The van der Waals surface area contributed by atoms with Crippen LogP contribution in [-0.2, 0) is 12.8 Å². The number of nitrogens with two attached hydrogens (primary N) is 1. The molecular formula is C13H17N3O. The fraction of sp³-hybridized carbons (Fsp3) is 0.385. The Labute approximate surface area is 101 Å². The quantitative estimate of drug-likeness (QED) is 0.856. The van der Waals surface area contributed by atoms with Crippen LogP contribution in [0.3, 0.4) is 0 Å². The van der Waals surface area contributed by atoms with E-state index in [9.17, 15) is 0 Å². The van der Waals surface area contributed by atoms with E-state index in [1.165, 1.54) is 5.56 Å². The summed E-state index contributed by atoms with van der Waals surface area (Å²) in [5, 5.41) is 3.95. The molecule has 0 aliphatic rings. The van der Waals surface area contributed by atoms with E-state index < -0.39 is 0 Å². The number of hydrogen-bond donors (Lipinski definition) is 1. The molecule has 0 fully saturated rings. The average Bonchev–Trinajstić information content (AvgIpc) is 2.79. The number of hydrogen-bond acceptors (Lipinski definition) is 4. The van der Waals surface area contributed by atoms with Gasteiger partial charge in [-0.25, -0.2) is 0 Å². The Hall–Kier alpha value is -1.68. The largest absolute Gasteiger partial charge is 0.334 e. The van der Waals surface area contributed by atoms with Crippen LogP contribution in [0.5, 0.6) is 0 Å². The molecule has 2 rings (SSSR count). The van der Waals surface area contributed by atoms with Gasteiger partial charge in [0, 0.05) is 12.0 Å². The molecule has 0 spiro atoms. The average molecular weight is 231 g/mol. The van der Waals surface area contributed by atoms with Crippen molar-refractivity contribution >= 4 is 0 Å². The first-order chi connectivity index (χ1) is 8.33. The Morgan fingerprint density at radius 1 is 1.29 bits per heavy atom. The zero-order chi connectivity index (χ0) is 12.1. The lowest BCUT2D eigenvalue weighted by atomic mass is 10.1. The summed E-state index contributed by atoms with van der Waals surface area (Å²) >= 11 is 0. The topological polar surface area (TPSA) is 64.9 Å². The molecule has 2 aromatic rings. The van der Waals surface area contributed by atoms with Crippen LogP contribution in [0.1, 0.15) is 24.7 Å². The van der Waals surface area contributed by atoms with E-state index in [0.717, 1.165) is 30.7 Å². The van der Waals surface area contributed by atoms with Gasteiger partial charge in [-0.3, -0.25) is 0 Å². The highest BCUT2D eigenvalue weighted by Gasteiger charge is 2.08. The van der Waals surface area contributed by atoms with E-state index in [4.69, 9.17) is 10.3 Å². The van der Waals surface area contributed by atoms with Crippen molar-refractivity contribution in [1.82, 2.24) is 10.1 Å². The van der Waals surface area contributed by atoms with Gasteiger partial charge in [0.15, 0.2) is 5.82 Å². The molecular weight excluding hydrogens is 214 g/mol. The van der Waals surface area contributed by atoms with Crippen LogP contribution in [0.25, 0.3) is 11.5 Å². The first kappa shape index (κ1) is 11.8. The lowest BCUT2D eigenvalue weighted by Gasteiger charge is -1.99. The van der Waals surface area contributed by atoms with E-state index in [0.29, 0.717) is 12.4 Å². The second-order valence-electron chi connectivity index (χ2n) is 4.00. The van der Waals surface area contributed by atoms with Crippen molar-refractivity contribution in [2.45, 2.75) is 26.2 Å². The summed E-state index contributed by atoms with van der Waals surface area (Å²) < 4.78 is 5.24. The molecule has 4 heteroatoms. The highest BCUT2D eigenvalue weighted by molar-refractivity contribution is 5.54. The predicted molar refractivity (Wildman–Crippen MR) is 66.5 cm³/mol. The van der Waals surface area contributed by atoms with Crippen LogP contribution in [0, 0.1) is 0 Å². The second-order valence-corrected chi connectivity index (χ2v) is 4.00. The summed E-state index contributed by atoms with van der Waals surface area (Å²) in [7, 11) is 0. The minimum Gasteiger partial charge on any atom is -0.334 e. The van der Waals surface area contributed by atoms with Gasteiger partial charge in [-0.2, -0.15) is 4.98 Å². The molecule has 0 bridgehead atoms. The molecule has 0 aliphatic carbocycles. The maximum atomic E-state index is 5.54. The maximum Gasteiger partial charge on any atom is 0.257 e. The number of benzene rings is 1. The van der Waals surface area contributed by atoms with Crippen molar-refractivity contribution in [1.29, 1.82) is 0 Å². The molecule has 0 amide bonds. The molecule has 0 radical (unpaired) electrons. The minimum atomic E-state index is 0.590. The molecule has 2 N–H and O–H groups in total. The molecule has 1 aromatic heterocycles. The van der Waals surface area contributed by atoms with Gasteiger partial charge in [0.25, 0.3) is 5.89 Å². The Morgan fingerprint density at radius 2 is 2.18 bits per heavy atom. The van der Waals surface area contributed by atoms with Gasteiger partial charge in [0.05, 0.1) is 0 Å². The molecule has 90 valence electrons. The van der Waals surface area contributed by atoms with E-state index in [-0.39, 0.29) is 0 Å². The molecule has 4 nitrogen and oxygen atoms in total. The first-order valence-electron chi connectivity index (χ1n) is 5.95. The SMILES string of the molecule is CCCc1noc(-c2cccc(CCN)c2)n1. The fourth-order valence-corrected chi connectivity index (χ4v) is 1.72. The van der Waals surface area contributed by atoms with E-state index in [2.05, 4.69) is 29.2 Å². The molecule has 0 saturated heterocycles. The van der Waals surface area contributed by atoms with Crippen LogP contribution in [0.15, 0.2) is 28.8 Å². The molecule has 0 aliphatic heterocycles. The van der Waals surface area contributed by atoms with Crippen molar-refractivity contribution < 1.29 is 4.52 Å². The summed E-state index contributed by atoms with van der Waals surface area (Å²) in [6.45, 7) is 2.74. The monoisotopic (exact) mass is 231 g/mol. The van der Waals surface area contributed by atoms with Gasteiger partial charge < -0.3 is 10.3 Å². The normalized spacial score (nSPS) is 10.7. The van der Waals surface area contributed by atoms with Crippen LogP contribution in [-0.4, -0.2) is 16.7 Å². The molecule has 0 saturated carbocycles. The van der Waals surface area contributed by atoms with E-state index in [1.807, 2.05) is 12.1 Å². The van der Waals surface area contributed by atoms with Crippen molar-refractivity contribution in [2.24, 2.45) is 5.73 Å². The molecule has 0 unspecified atom stereocenters. The van der Waals surface area contributed by atoms with Gasteiger partial charge in [-0.1, -0.05) is 24.2 Å². The van der Waals surface area contributed by atoms with E-state index in [1.54, 1.807) is 0 Å². The van der Waals surface area contributed by atoms with Gasteiger partial charge >= 0.3 is 0 Å². The molecule has 1 heterocycles. The molecule has 1 aromatic carbocycles. The standard InChI is InChI=1S/C13H17N3O/c1-2-4-12-15-13(17-16-12)11-6-3-5-10(9-11)7-8-14/h3,5-6,9H,2,4,7-8,14H2,1H3. The summed E-state index contributed by atoms with van der Waals surface area (Å²) in [6.07, 6.45) is 2.74. The van der Waals surface area contributed by atoms with Crippen LogP contribution in [0.4, 0.5) is 0 Å². The zero-order valence-corrected chi connectivity index (χ0v) is 10.0. The second kappa shape index (κ2) is 5.59. The highest BCUT2D eigenvalue weighted by atomic mass is 16.5. The van der Waals surface area contributed by atoms with Crippen molar-refractivity contribution in [3.63, 3.8) is 0 Å². The van der Waals surface area contributed by atoms with Crippen LogP contribution < -0.4 is 5.73 Å². The fourth-order valence-electron chi connectivity index (χ4n) is 1.72. The summed E-state index contributed by atoms with van der Waals surface area (Å²) in [6, 6.07) is 8.07. The third-order valence-electron chi connectivity index (χ3n) is 2.55. The van der Waals surface area contributed by atoms with Crippen molar-refractivity contribution in [2.75, 3.05) is 6.54 Å². The first-order valence-corrected chi connectivity index (χ1v) is 5.95. The Balaban J connectivity index is 2.22. The minimum absolute atomic E-state index is 0.590. The number of rotatable bonds is 5. The highest BCUT2D eigenvalue weighted by Crippen LogP contribution is 2.19. The van der Waals surface area contributed by atoms with Crippen LogP contribution in [0.2, 0.25) is 0 Å². The summed E-state index contributed by atoms with van der Waals surface area (Å²) in [5.41, 5.74) is 7.70.